The van der Waals surface area contributed by atoms with Gasteiger partial charge in [0.2, 0.25) is 5.95 Å². The second-order valence-electron chi connectivity index (χ2n) is 7.23. The Morgan fingerprint density at radius 3 is 2.50 bits per heavy atom. The van der Waals surface area contributed by atoms with Crippen molar-refractivity contribution in [1.29, 1.82) is 0 Å². The predicted molar refractivity (Wildman–Crippen MR) is 124 cm³/mol. The van der Waals surface area contributed by atoms with Crippen LogP contribution in [0.3, 0.4) is 0 Å². The average Bonchev–Trinajstić information content (AvgIpc) is 3.21. The Morgan fingerprint density at radius 1 is 1.09 bits per heavy atom. The van der Waals surface area contributed by atoms with Gasteiger partial charge in [-0.05, 0) is 31.5 Å². The van der Waals surface area contributed by atoms with Crippen LogP contribution in [0.25, 0.3) is 17.2 Å². The highest BCUT2D eigenvalue weighted by Gasteiger charge is 2.16. The van der Waals surface area contributed by atoms with Crippen LogP contribution < -0.4 is 16.2 Å². The van der Waals surface area contributed by atoms with Crippen LogP contribution in [-0.2, 0) is 6.54 Å². The van der Waals surface area contributed by atoms with Gasteiger partial charge in [0.15, 0.2) is 0 Å². The van der Waals surface area contributed by atoms with Crippen LogP contribution in [-0.4, -0.2) is 25.8 Å². The summed E-state index contributed by atoms with van der Waals surface area (Å²) < 4.78 is 1.41. The number of benzene rings is 2. The third-order valence-electron chi connectivity index (χ3n) is 4.97. The van der Waals surface area contributed by atoms with Crippen molar-refractivity contribution >= 4 is 23.4 Å². The summed E-state index contributed by atoms with van der Waals surface area (Å²) in [5.74, 6) is 0.581. The van der Waals surface area contributed by atoms with E-state index in [-0.39, 0.29) is 11.5 Å². The number of nitrogens with one attached hydrogen (secondary N) is 3. The fraction of sp³-hybridized carbons (Fsp3) is 0.130. The molecule has 2 heterocycles. The van der Waals surface area contributed by atoms with Gasteiger partial charge in [0.1, 0.15) is 5.82 Å². The highest BCUT2D eigenvalue weighted by atomic mass is 35.5. The maximum absolute atomic E-state index is 12.6. The van der Waals surface area contributed by atoms with Gasteiger partial charge in [-0.15, -0.1) is 0 Å². The number of aromatic nitrogens is 4. The van der Waals surface area contributed by atoms with Crippen molar-refractivity contribution in [2.45, 2.75) is 20.4 Å². The summed E-state index contributed by atoms with van der Waals surface area (Å²) in [6, 6.07) is 18.0. The molecule has 0 radical (unpaired) electrons. The number of hydrogen-bond acceptors (Lipinski definition) is 4. The molecule has 0 saturated carbocycles. The van der Waals surface area contributed by atoms with Crippen molar-refractivity contribution in [2.24, 2.45) is 0 Å². The third-order valence-corrected chi connectivity index (χ3v) is 5.22. The third kappa shape index (κ3) is 4.70. The number of anilines is 1. The first-order chi connectivity index (χ1) is 15.4. The fourth-order valence-corrected chi connectivity index (χ4v) is 3.18. The molecule has 0 fully saturated rings. The van der Waals surface area contributed by atoms with E-state index in [1.54, 1.807) is 32.0 Å². The van der Waals surface area contributed by atoms with E-state index in [2.05, 4.69) is 25.7 Å². The summed E-state index contributed by atoms with van der Waals surface area (Å²) in [7, 11) is 0. The quantitative estimate of drug-likeness (QED) is 0.425. The van der Waals surface area contributed by atoms with Crippen LogP contribution in [0.5, 0.6) is 0 Å². The number of halogens is 1. The summed E-state index contributed by atoms with van der Waals surface area (Å²) >= 11 is 5.90. The summed E-state index contributed by atoms with van der Waals surface area (Å²) in [4.78, 5) is 32.0. The summed E-state index contributed by atoms with van der Waals surface area (Å²) in [6.07, 6.45) is 0. The molecule has 0 aliphatic heterocycles. The zero-order valence-corrected chi connectivity index (χ0v) is 18.3. The zero-order chi connectivity index (χ0) is 22.7. The van der Waals surface area contributed by atoms with Crippen LogP contribution in [0, 0.1) is 13.8 Å². The van der Waals surface area contributed by atoms with Crippen molar-refractivity contribution in [3.05, 3.63) is 92.9 Å². The number of hydrogen-bond donors (Lipinski definition) is 3. The number of aromatic amines is 1. The summed E-state index contributed by atoms with van der Waals surface area (Å²) in [5.41, 5.74) is 3.24. The largest absolute Gasteiger partial charge is 0.334 e. The lowest BCUT2D eigenvalue weighted by Crippen LogP contribution is -2.29. The molecule has 0 saturated heterocycles. The van der Waals surface area contributed by atoms with Gasteiger partial charge in [0, 0.05) is 34.5 Å². The standard InChI is InChI=1S/C23H21ClN6O2/c1-14-15(2)26-22(28-21(14)31)30-20(12-19(29-30)17-6-4-3-5-7-17)27-23(32)25-13-16-8-10-18(24)11-9-16/h3-12H,13H2,1-2H3,(H2,25,27,32)(H,26,28,31). The first-order valence-corrected chi connectivity index (χ1v) is 10.3. The highest BCUT2D eigenvalue weighted by molar-refractivity contribution is 6.30. The zero-order valence-electron chi connectivity index (χ0n) is 17.5. The minimum atomic E-state index is -0.424. The van der Waals surface area contributed by atoms with Crippen LogP contribution in [0.2, 0.25) is 5.02 Å². The molecular weight excluding hydrogens is 428 g/mol. The number of rotatable bonds is 5. The van der Waals surface area contributed by atoms with E-state index >= 15 is 0 Å². The molecule has 9 heteroatoms. The van der Waals surface area contributed by atoms with Gasteiger partial charge in [0.25, 0.3) is 5.56 Å². The number of amides is 2. The first kappa shape index (κ1) is 21.3. The highest BCUT2D eigenvalue weighted by Crippen LogP contribution is 2.23. The van der Waals surface area contributed by atoms with Gasteiger partial charge in [-0.1, -0.05) is 54.1 Å². The smallest absolute Gasteiger partial charge is 0.320 e. The number of nitrogens with zero attached hydrogens (tertiary/aromatic N) is 3. The molecular formula is C23H21ClN6O2. The van der Waals surface area contributed by atoms with E-state index in [9.17, 15) is 9.59 Å². The van der Waals surface area contributed by atoms with Crippen LogP contribution >= 0.6 is 11.6 Å². The van der Waals surface area contributed by atoms with Crippen molar-refractivity contribution in [3.63, 3.8) is 0 Å². The van der Waals surface area contributed by atoms with Gasteiger partial charge in [-0.3, -0.25) is 15.1 Å². The first-order valence-electron chi connectivity index (χ1n) is 9.93. The molecule has 0 spiro atoms. The minimum absolute atomic E-state index is 0.216. The van der Waals surface area contributed by atoms with Crippen LogP contribution in [0.15, 0.2) is 65.5 Å². The lowest BCUT2D eigenvalue weighted by molar-refractivity contribution is 0.251. The molecule has 32 heavy (non-hydrogen) atoms. The lowest BCUT2D eigenvalue weighted by atomic mass is 10.2. The molecule has 2 amide bonds. The van der Waals surface area contributed by atoms with E-state index in [4.69, 9.17) is 11.6 Å². The van der Waals surface area contributed by atoms with Crippen LogP contribution in [0.4, 0.5) is 10.6 Å². The molecule has 4 aromatic rings. The maximum atomic E-state index is 12.6. The molecule has 0 aliphatic carbocycles. The monoisotopic (exact) mass is 448 g/mol. The fourth-order valence-electron chi connectivity index (χ4n) is 3.06. The number of carbonyl (C=O) groups is 1. The second-order valence-corrected chi connectivity index (χ2v) is 7.66. The Balaban J connectivity index is 1.64. The SMILES string of the molecule is Cc1nc(-n2nc(-c3ccccc3)cc2NC(=O)NCc2ccc(Cl)cc2)[nH]c(=O)c1C. The molecule has 4 rings (SSSR count). The molecule has 2 aromatic heterocycles. The van der Waals surface area contributed by atoms with E-state index in [1.807, 2.05) is 42.5 Å². The second kappa shape index (κ2) is 9.07. The van der Waals surface area contributed by atoms with E-state index < -0.39 is 6.03 Å². The van der Waals surface area contributed by atoms with E-state index in [0.717, 1.165) is 11.1 Å². The molecule has 0 bridgehead atoms. The number of H-pyrrole nitrogens is 1. The van der Waals surface area contributed by atoms with Gasteiger partial charge >= 0.3 is 6.03 Å². The summed E-state index contributed by atoms with van der Waals surface area (Å²) in [6.45, 7) is 3.77. The Morgan fingerprint density at radius 2 is 1.81 bits per heavy atom. The van der Waals surface area contributed by atoms with Gasteiger partial charge in [0.05, 0.1) is 5.69 Å². The maximum Gasteiger partial charge on any atom is 0.320 e. The molecule has 2 aromatic carbocycles. The molecule has 0 atom stereocenters. The van der Waals surface area contributed by atoms with Gasteiger partial charge in [-0.2, -0.15) is 9.78 Å². The molecule has 8 nitrogen and oxygen atoms in total. The van der Waals surface area contributed by atoms with Gasteiger partial charge < -0.3 is 5.32 Å². The topological polar surface area (TPSA) is 105 Å². The number of aryl methyl sites for hydroxylation is 1. The Labute approximate surface area is 189 Å². The summed E-state index contributed by atoms with van der Waals surface area (Å²) in [5, 5.41) is 10.8. The Bertz CT molecular complexity index is 1310. The van der Waals surface area contributed by atoms with Crippen molar-refractivity contribution < 1.29 is 4.79 Å². The number of carbonyl (C=O) groups excluding carboxylic acids is 1. The van der Waals surface area contributed by atoms with E-state index in [1.165, 1.54) is 4.68 Å². The van der Waals surface area contributed by atoms with Crippen molar-refractivity contribution in [2.75, 3.05) is 5.32 Å². The number of urea groups is 1. The Kier molecular flexibility index (Phi) is 6.04. The molecule has 0 unspecified atom stereocenters. The van der Waals surface area contributed by atoms with Crippen LogP contribution in [0.1, 0.15) is 16.8 Å². The molecule has 3 N–H and O–H groups in total. The van der Waals surface area contributed by atoms with Crippen molar-refractivity contribution in [3.8, 4) is 17.2 Å². The minimum Gasteiger partial charge on any atom is -0.334 e. The lowest BCUT2D eigenvalue weighted by Gasteiger charge is -2.10. The Hall–Kier alpha value is -3.91. The van der Waals surface area contributed by atoms with E-state index in [0.29, 0.717) is 34.3 Å². The normalized spacial score (nSPS) is 10.7. The molecule has 162 valence electrons. The predicted octanol–water partition coefficient (Wildman–Crippen LogP) is 4.21. The van der Waals surface area contributed by atoms with Crippen molar-refractivity contribution in [1.82, 2.24) is 25.1 Å². The van der Waals surface area contributed by atoms with Gasteiger partial charge in [-0.25, -0.2) is 9.78 Å². The molecule has 0 aliphatic rings. The average molecular weight is 449 g/mol.